The van der Waals surface area contributed by atoms with Gasteiger partial charge in [-0.1, -0.05) is 77.8 Å². The van der Waals surface area contributed by atoms with Gasteiger partial charge in [0.05, 0.1) is 29.5 Å². The minimum atomic E-state index is -1.18. The fourth-order valence-electron chi connectivity index (χ4n) is 3.84. The van der Waals surface area contributed by atoms with Crippen molar-refractivity contribution in [1.82, 2.24) is 9.55 Å². The number of aromatic nitrogens is 2. The molecular weight excluding hydrogens is 475 g/mol. The number of carbonyl (C=O) groups excluding carboxylic acids is 1. The Morgan fingerprint density at radius 2 is 1.79 bits per heavy atom. The summed E-state index contributed by atoms with van der Waals surface area (Å²) in [4.78, 5) is 17.0. The largest absolute Gasteiger partial charge is 0.424 e. The van der Waals surface area contributed by atoms with Gasteiger partial charge < -0.3 is 18.8 Å². The average Bonchev–Trinajstić information content (AvgIpc) is 3.53. The molecule has 8 heteroatoms. The minimum Gasteiger partial charge on any atom is -0.424 e. The molecule has 0 unspecified atom stereocenters. The van der Waals surface area contributed by atoms with Gasteiger partial charge in [0.15, 0.2) is 6.10 Å². The van der Waals surface area contributed by atoms with Gasteiger partial charge >= 0.3 is 5.97 Å². The highest BCUT2D eigenvalue weighted by atomic mass is 35.5. The molecule has 0 amide bonds. The summed E-state index contributed by atoms with van der Waals surface area (Å²) in [5, 5.41) is 0.670. The molecule has 1 aliphatic rings. The van der Waals surface area contributed by atoms with Crippen molar-refractivity contribution in [3.05, 3.63) is 107 Å². The van der Waals surface area contributed by atoms with E-state index in [1.54, 1.807) is 24.7 Å². The van der Waals surface area contributed by atoms with Gasteiger partial charge in [-0.05, 0) is 23.3 Å². The third-order valence-electron chi connectivity index (χ3n) is 5.55. The van der Waals surface area contributed by atoms with Crippen LogP contribution in [0.3, 0.4) is 0 Å². The number of ether oxygens (including phenoxy) is 3. The molecule has 2 atom stereocenters. The SMILES string of the molecule is O=C(Oc1ccc(Cl)c(Cl)c1)[C@@H]1CO[C@](Cn2ccnc2)(c2ccc(-c3ccccc3)cc2)O1. The number of halogens is 2. The number of rotatable bonds is 6. The average molecular weight is 495 g/mol. The van der Waals surface area contributed by atoms with Gasteiger partial charge in [0, 0.05) is 24.0 Å². The molecule has 6 nitrogen and oxygen atoms in total. The number of nitrogens with zero attached hydrogens (tertiary/aromatic N) is 2. The van der Waals surface area contributed by atoms with Gasteiger partial charge in [-0.3, -0.25) is 0 Å². The van der Waals surface area contributed by atoms with Crippen LogP contribution in [0.1, 0.15) is 5.56 Å². The van der Waals surface area contributed by atoms with E-state index in [1.165, 1.54) is 6.07 Å². The van der Waals surface area contributed by atoms with E-state index in [0.717, 1.165) is 16.7 Å². The molecule has 1 saturated heterocycles. The standard InChI is InChI=1S/C26H20Cl2N2O4/c27-22-11-10-21(14-23(22)28)33-25(31)24-15-32-26(34-24,16-30-13-12-29-17-30)20-8-6-19(7-9-20)18-4-2-1-3-5-18/h1-14,17,24H,15-16H2/t24-,26-/m0/s1. The lowest BCUT2D eigenvalue weighted by atomic mass is 10.00. The predicted octanol–water partition coefficient (Wildman–Crippen LogP) is 5.73. The first kappa shape index (κ1) is 22.6. The highest BCUT2D eigenvalue weighted by Gasteiger charge is 2.47. The Morgan fingerprint density at radius 3 is 2.50 bits per heavy atom. The first-order valence-electron chi connectivity index (χ1n) is 10.6. The van der Waals surface area contributed by atoms with E-state index in [1.807, 2.05) is 65.4 Å². The summed E-state index contributed by atoms with van der Waals surface area (Å²) >= 11 is 12.0. The number of hydrogen-bond donors (Lipinski definition) is 0. The van der Waals surface area contributed by atoms with Crippen molar-refractivity contribution < 1.29 is 19.0 Å². The first-order chi connectivity index (χ1) is 16.5. The molecule has 0 radical (unpaired) electrons. The van der Waals surface area contributed by atoms with Gasteiger partial charge in [0.1, 0.15) is 5.75 Å². The number of hydrogen-bond acceptors (Lipinski definition) is 5. The monoisotopic (exact) mass is 494 g/mol. The van der Waals surface area contributed by atoms with Crippen LogP contribution < -0.4 is 4.74 Å². The van der Waals surface area contributed by atoms with Crippen molar-refractivity contribution in [3.8, 4) is 16.9 Å². The molecule has 0 saturated carbocycles. The van der Waals surface area contributed by atoms with Crippen LogP contribution in [-0.4, -0.2) is 28.2 Å². The molecule has 0 spiro atoms. The summed E-state index contributed by atoms with van der Waals surface area (Å²) in [5.41, 5.74) is 2.95. The Labute approximate surface area is 206 Å². The van der Waals surface area contributed by atoms with E-state index in [0.29, 0.717) is 16.6 Å². The summed E-state index contributed by atoms with van der Waals surface area (Å²) in [7, 11) is 0. The van der Waals surface area contributed by atoms with Gasteiger partial charge in [0.2, 0.25) is 5.79 Å². The van der Waals surface area contributed by atoms with Gasteiger partial charge in [0.25, 0.3) is 0 Å². The predicted molar refractivity (Wildman–Crippen MR) is 129 cm³/mol. The molecule has 1 fully saturated rings. The van der Waals surface area contributed by atoms with Crippen molar-refractivity contribution in [2.45, 2.75) is 18.4 Å². The van der Waals surface area contributed by atoms with Gasteiger partial charge in [-0.25, -0.2) is 9.78 Å². The topological polar surface area (TPSA) is 62.6 Å². The van der Waals surface area contributed by atoms with Crippen molar-refractivity contribution in [1.29, 1.82) is 0 Å². The second-order valence-corrected chi connectivity index (χ2v) is 8.66. The van der Waals surface area contributed by atoms with Gasteiger partial charge in [-0.2, -0.15) is 0 Å². The molecular formula is C26H20Cl2N2O4. The molecule has 4 aromatic rings. The maximum atomic E-state index is 12.8. The van der Waals surface area contributed by atoms with Crippen molar-refractivity contribution in [2.75, 3.05) is 6.61 Å². The third-order valence-corrected chi connectivity index (χ3v) is 6.29. The van der Waals surface area contributed by atoms with Crippen LogP contribution in [0.4, 0.5) is 0 Å². The number of benzene rings is 3. The van der Waals surface area contributed by atoms with Crippen LogP contribution in [0.25, 0.3) is 11.1 Å². The molecule has 0 aliphatic carbocycles. The van der Waals surface area contributed by atoms with E-state index in [4.69, 9.17) is 37.4 Å². The number of imidazole rings is 1. The summed E-state index contributed by atoms with van der Waals surface area (Å²) in [5.74, 6) is -1.48. The quantitative estimate of drug-likeness (QED) is 0.253. The number of esters is 1. The maximum absolute atomic E-state index is 12.8. The Kier molecular flexibility index (Phi) is 6.39. The van der Waals surface area contributed by atoms with Crippen LogP contribution in [0.2, 0.25) is 10.0 Å². The fourth-order valence-corrected chi connectivity index (χ4v) is 4.13. The second kappa shape index (κ2) is 9.60. The molecule has 1 aliphatic heterocycles. The van der Waals surface area contributed by atoms with E-state index in [-0.39, 0.29) is 12.4 Å². The Hall–Kier alpha value is -3.16. The normalized spacial score (nSPS) is 19.8. The highest BCUT2D eigenvalue weighted by molar-refractivity contribution is 6.42. The molecule has 5 rings (SSSR count). The molecule has 0 N–H and O–H groups in total. The van der Waals surface area contributed by atoms with Crippen LogP contribution in [0, 0.1) is 0 Å². The maximum Gasteiger partial charge on any atom is 0.343 e. The molecule has 1 aromatic heterocycles. The lowest BCUT2D eigenvalue weighted by Crippen LogP contribution is -2.35. The lowest BCUT2D eigenvalue weighted by Gasteiger charge is -2.29. The third kappa shape index (κ3) is 4.72. The zero-order valence-corrected chi connectivity index (χ0v) is 19.4. The highest BCUT2D eigenvalue weighted by Crippen LogP contribution is 2.38. The van der Waals surface area contributed by atoms with Crippen molar-refractivity contribution in [3.63, 3.8) is 0 Å². The van der Waals surface area contributed by atoms with Crippen LogP contribution >= 0.6 is 23.2 Å². The lowest BCUT2D eigenvalue weighted by molar-refractivity contribution is -0.193. The molecule has 2 heterocycles. The zero-order valence-electron chi connectivity index (χ0n) is 17.9. The van der Waals surface area contributed by atoms with Crippen LogP contribution in [-0.2, 0) is 26.6 Å². The summed E-state index contributed by atoms with van der Waals surface area (Å²) in [6, 6.07) is 22.6. The second-order valence-electron chi connectivity index (χ2n) is 7.85. The summed E-state index contributed by atoms with van der Waals surface area (Å²) in [6.45, 7) is 0.351. The van der Waals surface area contributed by atoms with E-state index >= 15 is 0 Å². The van der Waals surface area contributed by atoms with Gasteiger partial charge in [-0.15, -0.1) is 0 Å². The Balaban J connectivity index is 1.39. The van der Waals surface area contributed by atoms with Crippen LogP contribution in [0.15, 0.2) is 91.5 Å². The number of carbonyl (C=O) groups is 1. The van der Waals surface area contributed by atoms with Crippen molar-refractivity contribution >= 4 is 29.2 Å². The molecule has 172 valence electrons. The molecule has 34 heavy (non-hydrogen) atoms. The zero-order chi connectivity index (χ0) is 23.5. The van der Waals surface area contributed by atoms with Crippen LogP contribution in [0.5, 0.6) is 5.75 Å². The first-order valence-corrected chi connectivity index (χ1v) is 11.4. The van der Waals surface area contributed by atoms with Crippen molar-refractivity contribution in [2.24, 2.45) is 0 Å². The van der Waals surface area contributed by atoms with E-state index < -0.39 is 17.9 Å². The Morgan fingerprint density at radius 1 is 1.03 bits per heavy atom. The summed E-state index contributed by atoms with van der Waals surface area (Å²) in [6.07, 6.45) is 4.24. The smallest absolute Gasteiger partial charge is 0.343 e. The van der Waals surface area contributed by atoms with E-state index in [9.17, 15) is 4.79 Å². The Bertz CT molecular complexity index is 1280. The molecule has 3 aromatic carbocycles. The minimum absolute atomic E-state index is 0.0370. The fraction of sp³-hybridized carbons (Fsp3) is 0.154. The molecule has 0 bridgehead atoms. The summed E-state index contributed by atoms with van der Waals surface area (Å²) < 4.78 is 19.7. The van der Waals surface area contributed by atoms with E-state index in [2.05, 4.69) is 4.98 Å².